The van der Waals surface area contributed by atoms with Crippen LogP contribution in [0.25, 0.3) is 105 Å². The lowest BCUT2D eigenvalue weighted by atomic mass is 9.94. The molecule has 0 fully saturated rings. The molecule has 53 heavy (non-hydrogen) atoms. The molecule has 0 N–H and O–H groups in total. The second kappa shape index (κ2) is 12.3. The highest BCUT2D eigenvalue weighted by molar-refractivity contribution is 6.22. The maximum Gasteiger partial charge on any atom is 0.180 e. The third-order valence-electron chi connectivity index (χ3n) is 10.2. The maximum atomic E-state index is 6.71. The molecule has 250 valence electrons. The largest absolute Gasteiger partial charge is 0.455 e. The molecule has 0 aliphatic rings. The highest BCUT2D eigenvalue weighted by Crippen LogP contribution is 2.44. The van der Waals surface area contributed by atoms with Gasteiger partial charge in [-0.05, 0) is 75.7 Å². The monoisotopic (exact) mass is 680 g/mol. The van der Waals surface area contributed by atoms with E-state index in [1.165, 1.54) is 21.9 Å². The normalized spacial score (nSPS) is 12.4. The fourth-order valence-corrected chi connectivity index (χ4v) is 7.64. The molecule has 4 nitrogen and oxygen atoms in total. The van der Waals surface area contributed by atoms with Gasteiger partial charge >= 0.3 is 0 Å². The predicted molar refractivity (Wildman–Crippen MR) is 221 cm³/mol. The molecule has 0 radical (unpaired) electrons. The summed E-state index contributed by atoms with van der Waals surface area (Å²) in [5.74, 6) is 0.608. The van der Waals surface area contributed by atoms with Crippen molar-refractivity contribution in [2.45, 2.75) is 6.92 Å². The standard InChI is InChI=1S/C49H32N2O2/c1-3-5-13-30(4-2)45-48-46(39-18-10-11-20-42(39)52-48)51-49(50-45)40-29-41-44-36(19-12-21-43(44)53-47(41)38-17-9-8-16-37(38)40)33-25-22-32(23-26-33)35-27-24-31-14-6-7-15-34(31)28-35/h3-29H,2H2,1H3/b5-3-,30-13+. The number of rotatable bonds is 6. The van der Waals surface area contributed by atoms with Gasteiger partial charge in [0.15, 0.2) is 11.4 Å². The molecular formula is C49H32N2O2. The SMILES string of the molecule is C=C/C(=C\C=C/C)c1nc(-c2cc3c(oc4cccc(-c5ccc(-c6ccc7ccccc7c6)cc5)c43)c3ccccc23)nc2c1oc1ccccc12. The molecule has 0 bridgehead atoms. The van der Waals surface area contributed by atoms with Gasteiger partial charge in [0.05, 0.1) is 0 Å². The van der Waals surface area contributed by atoms with Crippen molar-refractivity contribution in [2.24, 2.45) is 0 Å². The van der Waals surface area contributed by atoms with Crippen molar-refractivity contribution in [1.29, 1.82) is 0 Å². The van der Waals surface area contributed by atoms with E-state index in [0.29, 0.717) is 17.1 Å². The van der Waals surface area contributed by atoms with Gasteiger partial charge in [-0.25, -0.2) is 9.97 Å². The van der Waals surface area contributed by atoms with Gasteiger partial charge < -0.3 is 8.83 Å². The summed E-state index contributed by atoms with van der Waals surface area (Å²) in [6.07, 6.45) is 7.80. The van der Waals surface area contributed by atoms with Crippen molar-refractivity contribution >= 4 is 71.1 Å². The van der Waals surface area contributed by atoms with E-state index in [1.54, 1.807) is 0 Å². The summed E-state index contributed by atoms with van der Waals surface area (Å²) in [6, 6.07) is 48.8. The topological polar surface area (TPSA) is 52.1 Å². The molecule has 3 aromatic heterocycles. The Balaban J connectivity index is 1.20. The summed E-state index contributed by atoms with van der Waals surface area (Å²) in [6.45, 7) is 6.12. The summed E-state index contributed by atoms with van der Waals surface area (Å²) in [7, 11) is 0. The Bertz CT molecular complexity index is 3140. The third kappa shape index (κ3) is 4.99. The van der Waals surface area contributed by atoms with Crippen LogP contribution in [-0.2, 0) is 0 Å². The van der Waals surface area contributed by atoms with Crippen LogP contribution >= 0.6 is 0 Å². The summed E-state index contributed by atoms with van der Waals surface area (Å²) in [4.78, 5) is 10.5. The number of para-hydroxylation sites is 1. The van der Waals surface area contributed by atoms with E-state index in [4.69, 9.17) is 18.8 Å². The van der Waals surface area contributed by atoms with Gasteiger partial charge in [0.2, 0.25) is 0 Å². The lowest BCUT2D eigenvalue weighted by Crippen LogP contribution is -1.97. The van der Waals surface area contributed by atoms with Crippen LogP contribution in [0.15, 0.2) is 179 Å². The number of hydrogen-bond donors (Lipinski definition) is 0. The van der Waals surface area contributed by atoms with Gasteiger partial charge in [0.1, 0.15) is 28.0 Å². The minimum atomic E-state index is 0.608. The highest BCUT2D eigenvalue weighted by Gasteiger charge is 2.22. The molecule has 0 aliphatic carbocycles. The van der Waals surface area contributed by atoms with Crippen molar-refractivity contribution in [2.75, 3.05) is 0 Å². The van der Waals surface area contributed by atoms with Crippen molar-refractivity contribution in [3.63, 3.8) is 0 Å². The fourth-order valence-electron chi connectivity index (χ4n) is 7.64. The Labute approximate surface area is 305 Å². The molecule has 10 rings (SSSR count). The molecule has 0 spiro atoms. The first kappa shape index (κ1) is 30.8. The minimum Gasteiger partial charge on any atom is -0.455 e. The van der Waals surface area contributed by atoms with Crippen molar-refractivity contribution in [1.82, 2.24) is 9.97 Å². The third-order valence-corrected chi connectivity index (χ3v) is 10.2. The quantitative estimate of drug-likeness (QED) is 0.164. The summed E-state index contributed by atoms with van der Waals surface area (Å²) >= 11 is 0. The van der Waals surface area contributed by atoms with Gasteiger partial charge in [-0.15, -0.1) is 0 Å². The first-order chi connectivity index (χ1) is 26.2. The van der Waals surface area contributed by atoms with Gasteiger partial charge in [-0.3, -0.25) is 0 Å². The molecule has 0 aliphatic heterocycles. The van der Waals surface area contributed by atoms with Crippen molar-refractivity contribution in [3.05, 3.63) is 176 Å². The Kier molecular flexibility index (Phi) is 7.15. The number of hydrogen-bond acceptors (Lipinski definition) is 4. The lowest BCUT2D eigenvalue weighted by molar-refractivity contribution is 0.664. The zero-order chi connectivity index (χ0) is 35.5. The van der Waals surface area contributed by atoms with E-state index >= 15 is 0 Å². The van der Waals surface area contributed by atoms with Crippen LogP contribution in [0.1, 0.15) is 12.6 Å². The van der Waals surface area contributed by atoms with E-state index in [2.05, 4.69) is 122 Å². The first-order valence-electron chi connectivity index (χ1n) is 17.8. The van der Waals surface area contributed by atoms with Crippen LogP contribution in [0.3, 0.4) is 0 Å². The van der Waals surface area contributed by atoms with Crippen LogP contribution in [0, 0.1) is 0 Å². The molecule has 0 atom stereocenters. The number of furan rings is 2. The summed E-state index contributed by atoms with van der Waals surface area (Å²) < 4.78 is 13.1. The van der Waals surface area contributed by atoms with E-state index < -0.39 is 0 Å². The molecule has 10 aromatic rings. The Hall–Kier alpha value is -7.04. The molecule has 0 saturated carbocycles. The number of allylic oxidation sites excluding steroid dienone is 5. The molecule has 0 amide bonds. The number of nitrogens with zero attached hydrogens (tertiary/aromatic N) is 2. The van der Waals surface area contributed by atoms with Gasteiger partial charge in [0, 0.05) is 32.7 Å². The molecule has 0 saturated heterocycles. The van der Waals surface area contributed by atoms with E-state index in [0.717, 1.165) is 71.5 Å². The highest BCUT2D eigenvalue weighted by atomic mass is 16.3. The second-order valence-corrected chi connectivity index (χ2v) is 13.3. The minimum absolute atomic E-state index is 0.608. The molecule has 0 unspecified atom stereocenters. The van der Waals surface area contributed by atoms with E-state index in [-0.39, 0.29) is 0 Å². The summed E-state index contributed by atoms with van der Waals surface area (Å²) in [5.41, 5.74) is 10.9. The Morgan fingerprint density at radius 3 is 2.09 bits per heavy atom. The van der Waals surface area contributed by atoms with Crippen LogP contribution in [-0.4, -0.2) is 9.97 Å². The second-order valence-electron chi connectivity index (χ2n) is 13.3. The Morgan fingerprint density at radius 2 is 1.26 bits per heavy atom. The average Bonchev–Trinajstić information content (AvgIpc) is 3.79. The van der Waals surface area contributed by atoms with Crippen molar-refractivity contribution in [3.8, 4) is 33.6 Å². The van der Waals surface area contributed by atoms with Crippen LogP contribution < -0.4 is 0 Å². The van der Waals surface area contributed by atoms with Gasteiger partial charge in [0.25, 0.3) is 0 Å². The smallest absolute Gasteiger partial charge is 0.180 e. The van der Waals surface area contributed by atoms with E-state index in [9.17, 15) is 0 Å². The van der Waals surface area contributed by atoms with Gasteiger partial charge in [-0.1, -0.05) is 140 Å². The van der Waals surface area contributed by atoms with Crippen LogP contribution in [0.2, 0.25) is 0 Å². The molecule has 3 heterocycles. The molecule has 7 aromatic carbocycles. The summed E-state index contributed by atoms with van der Waals surface area (Å²) in [5, 5.41) is 7.50. The number of aromatic nitrogens is 2. The predicted octanol–water partition coefficient (Wildman–Crippen LogP) is 13.7. The number of fused-ring (bicyclic) bond motifs is 9. The molecule has 4 heteroatoms. The first-order valence-corrected chi connectivity index (χ1v) is 17.8. The Morgan fingerprint density at radius 1 is 0.566 bits per heavy atom. The van der Waals surface area contributed by atoms with Crippen LogP contribution in [0.5, 0.6) is 0 Å². The zero-order valence-electron chi connectivity index (χ0n) is 29.0. The average molecular weight is 681 g/mol. The maximum absolute atomic E-state index is 6.71. The number of benzene rings is 7. The van der Waals surface area contributed by atoms with Crippen molar-refractivity contribution < 1.29 is 8.83 Å². The zero-order valence-corrected chi connectivity index (χ0v) is 29.0. The lowest BCUT2D eigenvalue weighted by Gasteiger charge is -2.10. The fraction of sp³-hybridized carbons (Fsp3) is 0.0204. The van der Waals surface area contributed by atoms with Gasteiger partial charge in [-0.2, -0.15) is 0 Å². The van der Waals surface area contributed by atoms with E-state index in [1.807, 2.05) is 55.5 Å². The van der Waals surface area contributed by atoms with Crippen LogP contribution in [0.4, 0.5) is 0 Å². The molecular weight excluding hydrogens is 649 g/mol.